The van der Waals surface area contributed by atoms with Gasteiger partial charge in [0.15, 0.2) is 0 Å². The summed E-state index contributed by atoms with van der Waals surface area (Å²) in [5, 5.41) is 2.82. The molecule has 1 amide bonds. The Balaban J connectivity index is 1.80. The van der Waals surface area contributed by atoms with Gasteiger partial charge in [-0.15, -0.1) is 0 Å². The maximum atomic E-state index is 12.8. The molecule has 2 aromatic carbocycles. The van der Waals surface area contributed by atoms with Crippen LogP contribution in [0.15, 0.2) is 47.4 Å². The van der Waals surface area contributed by atoms with Gasteiger partial charge >= 0.3 is 0 Å². The molecule has 2 aromatic rings. The quantitative estimate of drug-likeness (QED) is 0.715. The van der Waals surface area contributed by atoms with E-state index in [0.717, 1.165) is 18.7 Å². The summed E-state index contributed by atoms with van der Waals surface area (Å²) in [6.07, 6.45) is 0.907. The van der Waals surface area contributed by atoms with E-state index in [1.54, 1.807) is 19.9 Å². The molecule has 0 aromatic heterocycles. The summed E-state index contributed by atoms with van der Waals surface area (Å²) in [5.74, 6) is 0.191. The molecule has 0 unspecified atom stereocenters. The zero-order valence-electron chi connectivity index (χ0n) is 17.0. The third-order valence-electron chi connectivity index (χ3n) is 5.11. The molecule has 0 fully saturated rings. The van der Waals surface area contributed by atoms with Crippen LogP contribution in [0.1, 0.15) is 19.4 Å². The SMILES string of the molecule is CCN(CC)S(=O)(=O)c1ccc(OC)c(NC(=O)CN2CCc3ccccc32)c1. The Hall–Kier alpha value is -2.58. The molecule has 0 atom stereocenters. The lowest BCUT2D eigenvalue weighted by Gasteiger charge is -2.21. The number of rotatable bonds is 8. The molecular formula is C21H27N3O4S. The van der Waals surface area contributed by atoms with Crippen molar-refractivity contribution in [3.63, 3.8) is 0 Å². The first-order valence-corrected chi connectivity index (χ1v) is 11.2. The highest BCUT2D eigenvalue weighted by Gasteiger charge is 2.24. The topological polar surface area (TPSA) is 79.0 Å². The van der Waals surface area contributed by atoms with Crippen LogP contribution < -0.4 is 15.0 Å². The van der Waals surface area contributed by atoms with Crippen molar-refractivity contribution in [3.05, 3.63) is 48.0 Å². The molecule has 29 heavy (non-hydrogen) atoms. The highest BCUT2D eigenvalue weighted by atomic mass is 32.2. The molecule has 0 saturated carbocycles. The van der Waals surface area contributed by atoms with Crippen LogP contribution in [-0.4, -0.2) is 51.9 Å². The standard InChI is InChI=1S/C21H27N3O4S/c1-4-24(5-2)29(26,27)17-10-11-20(28-3)18(14-17)22-21(25)15-23-13-12-16-8-6-7-9-19(16)23/h6-11,14H,4-5,12-13,15H2,1-3H3,(H,22,25). The summed E-state index contributed by atoms with van der Waals surface area (Å²) < 4.78 is 32.3. The Bertz CT molecular complexity index is 987. The maximum Gasteiger partial charge on any atom is 0.243 e. The molecule has 8 heteroatoms. The van der Waals surface area contributed by atoms with Crippen molar-refractivity contribution in [3.8, 4) is 5.75 Å². The zero-order chi connectivity index (χ0) is 21.0. The lowest BCUT2D eigenvalue weighted by atomic mass is 10.2. The minimum atomic E-state index is -3.63. The van der Waals surface area contributed by atoms with E-state index < -0.39 is 10.0 Å². The average molecular weight is 418 g/mol. The van der Waals surface area contributed by atoms with Gasteiger partial charge in [0.1, 0.15) is 5.75 Å². The molecule has 0 spiro atoms. The fraction of sp³-hybridized carbons (Fsp3) is 0.381. The van der Waals surface area contributed by atoms with E-state index in [1.165, 1.54) is 29.1 Å². The van der Waals surface area contributed by atoms with Crippen molar-refractivity contribution >= 4 is 27.3 Å². The largest absolute Gasteiger partial charge is 0.495 e. The number of carbonyl (C=O) groups excluding carboxylic acids is 1. The summed E-state index contributed by atoms with van der Waals surface area (Å²) in [6.45, 7) is 5.30. The molecule has 3 rings (SSSR count). The molecule has 1 N–H and O–H groups in total. The van der Waals surface area contributed by atoms with E-state index in [1.807, 2.05) is 23.1 Å². The van der Waals surface area contributed by atoms with Crippen LogP contribution in [0.3, 0.4) is 0 Å². The average Bonchev–Trinajstić information content (AvgIpc) is 3.11. The van der Waals surface area contributed by atoms with Crippen molar-refractivity contribution in [1.29, 1.82) is 0 Å². The number of sulfonamides is 1. The minimum absolute atomic E-state index is 0.129. The second-order valence-corrected chi connectivity index (χ2v) is 8.74. The lowest BCUT2D eigenvalue weighted by molar-refractivity contribution is -0.115. The number of hydrogen-bond acceptors (Lipinski definition) is 5. The van der Waals surface area contributed by atoms with E-state index in [9.17, 15) is 13.2 Å². The number of amides is 1. The zero-order valence-corrected chi connectivity index (χ0v) is 17.8. The fourth-order valence-corrected chi connectivity index (χ4v) is 5.08. The number of anilines is 2. The van der Waals surface area contributed by atoms with Crippen molar-refractivity contribution in [2.75, 3.05) is 43.5 Å². The van der Waals surface area contributed by atoms with Gasteiger partial charge in [-0.2, -0.15) is 4.31 Å². The second kappa shape index (κ2) is 8.84. The van der Waals surface area contributed by atoms with Gasteiger partial charge in [0.2, 0.25) is 15.9 Å². The van der Waals surface area contributed by atoms with Crippen molar-refractivity contribution in [1.82, 2.24) is 4.31 Å². The van der Waals surface area contributed by atoms with Crippen molar-refractivity contribution in [2.45, 2.75) is 25.2 Å². The monoisotopic (exact) mass is 417 g/mol. The Labute approximate surface area is 172 Å². The highest BCUT2D eigenvalue weighted by Crippen LogP contribution is 2.30. The van der Waals surface area contributed by atoms with E-state index in [4.69, 9.17) is 4.74 Å². The first-order valence-electron chi connectivity index (χ1n) is 9.71. The highest BCUT2D eigenvalue weighted by molar-refractivity contribution is 7.89. The summed E-state index contributed by atoms with van der Waals surface area (Å²) in [7, 11) is -2.14. The van der Waals surface area contributed by atoms with E-state index in [0.29, 0.717) is 24.5 Å². The molecule has 156 valence electrons. The molecule has 1 aliphatic rings. The number of ether oxygens (including phenoxy) is 1. The summed E-state index contributed by atoms with van der Waals surface area (Å²) >= 11 is 0. The van der Waals surface area contributed by atoms with Crippen LogP contribution in [0, 0.1) is 0 Å². The van der Waals surface area contributed by atoms with E-state index in [2.05, 4.69) is 11.4 Å². The summed E-state index contributed by atoms with van der Waals surface area (Å²) in [5.41, 5.74) is 2.64. The normalized spacial score (nSPS) is 13.4. The Kier molecular flexibility index (Phi) is 6.44. The van der Waals surface area contributed by atoms with Gasteiger partial charge in [-0.3, -0.25) is 4.79 Å². The molecule has 0 radical (unpaired) electrons. The molecule has 0 aliphatic carbocycles. The predicted molar refractivity (Wildman–Crippen MR) is 114 cm³/mol. The predicted octanol–water partition coefficient (Wildman–Crippen LogP) is 2.73. The number of methoxy groups -OCH3 is 1. The number of hydrogen-bond donors (Lipinski definition) is 1. The Morgan fingerprint density at radius 3 is 2.59 bits per heavy atom. The third-order valence-corrected chi connectivity index (χ3v) is 7.15. The van der Waals surface area contributed by atoms with Gasteiger partial charge in [0, 0.05) is 25.3 Å². The summed E-state index contributed by atoms with van der Waals surface area (Å²) in [4.78, 5) is 14.8. The number of nitrogens with zero attached hydrogens (tertiary/aromatic N) is 2. The number of fused-ring (bicyclic) bond motifs is 1. The van der Waals surface area contributed by atoms with Crippen LogP contribution in [-0.2, 0) is 21.2 Å². The number of para-hydroxylation sites is 1. The van der Waals surface area contributed by atoms with Gasteiger partial charge in [0.25, 0.3) is 0 Å². The Morgan fingerprint density at radius 2 is 1.90 bits per heavy atom. The minimum Gasteiger partial charge on any atom is -0.495 e. The molecule has 1 aliphatic heterocycles. The van der Waals surface area contributed by atoms with Gasteiger partial charge in [-0.25, -0.2) is 8.42 Å². The number of carbonyl (C=O) groups is 1. The van der Waals surface area contributed by atoms with Crippen molar-refractivity contribution < 1.29 is 17.9 Å². The van der Waals surface area contributed by atoms with E-state index in [-0.39, 0.29) is 17.3 Å². The van der Waals surface area contributed by atoms with Crippen LogP contribution in [0.2, 0.25) is 0 Å². The molecule has 7 nitrogen and oxygen atoms in total. The third kappa shape index (κ3) is 4.38. The van der Waals surface area contributed by atoms with E-state index >= 15 is 0 Å². The first-order chi connectivity index (χ1) is 13.9. The number of benzene rings is 2. The van der Waals surface area contributed by atoms with Gasteiger partial charge in [-0.05, 0) is 36.2 Å². The fourth-order valence-electron chi connectivity index (χ4n) is 3.59. The number of nitrogens with one attached hydrogen (secondary N) is 1. The van der Waals surface area contributed by atoms with Crippen molar-refractivity contribution in [2.24, 2.45) is 0 Å². The Morgan fingerprint density at radius 1 is 1.17 bits per heavy atom. The van der Waals surface area contributed by atoms with Gasteiger partial charge in [0.05, 0.1) is 24.2 Å². The summed E-state index contributed by atoms with van der Waals surface area (Å²) in [6, 6.07) is 12.6. The van der Waals surface area contributed by atoms with Gasteiger partial charge in [-0.1, -0.05) is 32.0 Å². The van der Waals surface area contributed by atoms with Crippen LogP contribution >= 0.6 is 0 Å². The van der Waals surface area contributed by atoms with Crippen LogP contribution in [0.4, 0.5) is 11.4 Å². The molecular weight excluding hydrogens is 390 g/mol. The smallest absolute Gasteiger partial charge is 0.243 e. The molecule has 1 heterocycles. The van der Waals surface area contributed by atoms with Gasteiger partial charge < -0.3 is 15.0 Å². The molecule has 0 bridgehead atoms. The second-order valence-electron chi connectivity index (χ2n) is 6.80. The molecule has 0 saturated heterocycles. The maximum absolute atomic E-state index is 12.8. The van der Waals surface area contributed by atoms with Crippen LogP contribution in [0.25, 0.3) is 0 Å². The van der Waals surface area contributed by atoms with Crippen LogP contribution in [0.5, 0.6) is 5.75 Å². The first kappa shape index (κ1) is 21.1. The lowest BCUT2D eigenvalue weighted by Crippen LogP contribution is -2.32.